The van der Waals surface area contributed by atoms with E-state index < -0.39 is 6.10 Å². The van der Waals surface area contributed by atoms with Crippen LogP contribution in [0.2, 0.25) is 0 Å². The molecule has 1 unspecified atom stereocenters. The minimum absolute atomic E-state index is 0.568. The van der Waals surface area contributed by atoms with Crippen molar-refractivity contribution >= 4 is 31.9 Å². The molecule has 0 bridgehead atoms. The first kappa shape index (κ1) is 15.5. The number of benzene rings is 2. The van der Waals surface area contributed by atoms with E-state index in [0.717, 1.165) is 25.6 Å². The van der Waals surface area contributed by atoms with E-state index >= 15 is 0 Å². The molecule has 4 heteroatoms. The Kier molecular flexibility index (Phi) is 5.24. The average Bonchev–Trinajstić information content (AvgIpc) is 2.39. The minimum atomic E-state index is -0.717. The Hall–Kier alpha value is -0.840. The molecule has 106 valence electrons. The van der Waals surface area contributed by atoms with Crippen LogP contribution in [-0.2, 0) is 0 Å². The van der Waals surface area contributed by atoms with Gasteiger partial charge in [-0.1, -0.05) is 37.9 Å². The molecule has 2 aromatic carbocycles. The SMILES string of the molecule is CCOc1ccc(Br)cc1C(O)c1cc(C)cc(Br)c1. The Bertz CT molecular complexity index is 591. The second kappa shape index (κ2) is 6.74. The molecule has 0 aromatic heterocycles. The molecule has 0 aliphatic carbocycles. The third-order valence-electron chi connectivity index (χ3n) is 2.95. The van der Waals surface area contributed by atoms with Crippen molar-refractivity contribution in [1.82, 2.24) is 0 Å². The molecule has 0 heterocycles. The maximum Gasteiger partial charge on any atom is 0.125 e. The van der Waals surface area contributed by atoms with Crippen LogP contribution >= 0.6 is 31.9 Å². The van der Waals surface area contributed by atoms with E-state index in [0.29, 0.717) is 12.4 Å². The van der Waals surface area contributed by atoms with Crippen LogP contribution in [0.3, 0.4) is 0 Å². The van der Waals surface area contributed by atoms with Crippen LogP contribution in [0, 0.1) is 6.92 Å². The quantitative estimate of drug-likeness (QED) is 0.783. The van der Waals surface area contributed by atoms with Crippen molar-refractivity contribution in [1.29, 1.82) is 0 Å². The molecule has 2 nitrogen and oxygen atoms in total. The van der Waals surface area contributed by atoms with Gasteiger partial charge in [-0.2, -0.15) is 0 Å². The van der Waals surface area contributed by atoms with Gasteiger partial charge in [-0.05, 0) is 55.3 Å². The molecule has 0 aliphatic heterocycles. The molecule has 0 saturated heterocycles. The molecule has 0 amide bonds. The lowest BCUT2D eigenvalue weighted by molar-refractivity contribution is 0.211. The first-order valence-electron chi connectivity index (χ1n) is 6.38. The number of aliphatic hydroxyl groups is 1. The van der Waals surface area contributed by atoms with Gasteiger partial charge in [0.05, 0.1) is 6.61 Å². The summed E-state index contributed by atoms with van der Waals surface area (Å²) in [4.78, 5) is 0. The highest BCUT2D eigenvalue weighted by atomic mass is 79.9. The van der Waals surface area contributed by atoms with Crippen molar-refractivity contribution in [2.75, 3.05) is 6.61 Å². The Morgan fingerprint density at radius 1 is 1.10 bits per heavy atom. The molecule has 0 radical (unpaired) electrons. The Labute approximate surface area is 136 Å². The van der Waals surface area contributed by atoms with Crippen LogP contribution in [0.25, 0.3) is 0 Å². The monoisotopic (exact) mass is 398 g/mol. The summed E-state index contributed by atoms with van der Waals surface area (Å²) in [5.41, 5.74) is 2.70. The third-order valence-corrected chi connectivity index (χ3v) is 3.90. The molecule has 1 N–H and O–H groups in total. The second-order valence-corrected chi connectivity index (χ2v) is 6.41. The summed E-state index contributed by atoms with van der Waals surface area (Å²) in [5, 5.41) is 10.7. The number of ether oxygens (including phenoxy) is 1. The summed E-state index contributed by atoms with van der Waals surface area (Å²) < 4.78 is 7.48. The minimum Gasteiger partial charge on any atom is -0.493 e. The Balaban J connectivity index is 2.46. The van der Waals surface area contributed by atoms with Crippen molar-refractivity contribution in [3.63, 3.8) is 0 Å². The van der Waals surface area contributed by atoms with Gasteiger partial charge in [0.2, 0.25) is 0 Å². The van der Waals surface area contributed by atoms with Gasteiger partial charge in [0.25, 0.3) is 0 Å². The lowest BCUT2D eigenvalue weighted by Gasteiger charge is -2.17. The Morgan fingerprint density at radius 2 is 1.85 bits per heavy atom. The normalized spacial score (nSPS) is 12.2. The molecule has 0 spiro atoms. The highest BCUT2D eigenvalue weighted by molar-refractivity contribution is 9.10. The highest BCUT2D eigenvalue weighted by Crippen LogP contribution is 2.33. The Morgan fingerprint density at radius 3 is 2.50 bits per heavy atom. The van der Waals surface area contributed by atoms with Gasteiger partial charge < -0.3 is 9.84 Å². The average molecular weight is 400 g/mol. The molecule has 2 aromatic rings. The zero-order valence-corrected chi connectivity index (χ0v) is 14.5. The van der Waals surface area contributed by atoms with Crippen molar-refractivity contribution in [2.45, 2.75) is 20.0 Å². The standard InChI is InChI=1S/C16H16Br2O2/c1-3-20-15-5-4-12(17)9-14(15)16(19)11-6-10(2)7-13(18)8-11/h4-9,16,19H,3H2,1-2H3. The van der Waals surface area contributed by atoms with Gasteiger partial charge in [0.15, 0.2) is 0 Å². The van der Waals surface area contributed by atoms with Crippen molar-refractivity contribution < 1.29 is 9.84 Å². The van der Waals surface area contributed by atoms with E-state index in [-0.39, 0.29) is 0 Å². The van der Waals surface area contributed by atoms with Gasteiger partial charge in [0, 0.05) is 14.5 Å². The van der Waals surface area contributed by atoms with Gasteiger partial charge in [-0.25, -0.2) is 0 Å². The number of halogens is 2. The van der Waals surface area contributed by atoms with E-state index in [1.165, 1.54) is 0 Å². The summed E-state index contributed by atoms with van der Waals surface area (Å²) in [6.45, 7) is 4.51. The molecule has 1 atom stereocenters. The van der Waals surface area contributed by atoms with Gasteiger partial charge in [-0.15, -0.1) is 0 Å². The smallest absolute Gasteiger partial charge is 0.125 e. The predicted molar refractivity (Wildman–Crippen MR) is 88.3 cm³/mol. The maximum atomic E-state index is 10.7. The van der Waals surface area contributed by atoms with E-state index in [1.54, 1.807) is 0 Å². The zero-order chi connectivity index (χ0) is 14.7. The summed E-state index contributed by atoms with van der Waals surface area (Å²) >= 11 is 6.91. The molecule has 0 saturated carbocycles. The summed E-state index contributed by atoms with van der Waals surface area (Å²) in [5.74, 6) is 0.709. The molecular weight excluding hydrogens is 384 g/mol. The number of aliphatic hydroxyl groups excluding tert-OH is 1. The lowest BCUT2D eigenvalue weighted by Crippen LogP contribution is -2.04. The topological polar surface area (TPSA) is 29.5 Å². The van der Waals surface area contributed by atoms with Crippen molar-refractivity contribution in [3.05, 3.63) is 62.0 Å². The number of hydrogen-bond donors (Lipinski definition) is 1. The number of aryl methyl sites for hydroxylation is 1. The van der Waals surface area contributed by atoms with Crippen molar-refractivity contribution in [3.8, 4) is 5.75 Å². The first-order valence-corrected chi connectivity index (χ1v) is 7.97. The lowest BCUT2D eigenvalue weighted by atomic mass is 9.99. The summed E-state index contributed by atoms with van der Waals surface area (Å²) in [6, 6.07) is 11.6. The fourth-order valence-electron chi connectivity index (χ4n) is 2.12. The summed E-state index contributed by atoms with van der Waals surface area (Å²) in [6.07, 6.45) is -0.717. The second-order valence-electron chi connectivity index (χ2n) is 4.58. The zero-order valence-electron chi connectivity index (χ0n) is 11.4. The van der Waals surface area contributed by atoms with Gasteiger partial charge in [0.1, 0.15) is 11.9 Å². The van der Waals surface area contributed by atoms with Crippen LogP contribution in [0.1, 0.15) is 29.7 Å². The van der Waals surface area contributed by atoms with Gasteiger partial charge in [-0.3, -0.25) is 0 Å². The van der Waals surface area contributed by atoms with Crippen LogP contribution in [0.15, 0.2) is 45.3 Å². The molecule has 0 aliphatic rings. The number of rotatable bonds is 4. The highest BCUT2D eigenvalue weighted by Gasteiger charge is 2.17. The van der Waals surface area contributed by atoms with Crippen LogP contribution in [-0.4, -0.2) is 11.7 Å². The van der Waals surface area contributed by atoms with Crippen LogP contribution < -0.4 is 4.74 Å². The first-order chi connectivity index (χ1) is 9.51. The van der Waals surface area contributed by atoms with Crippen molar-refractivity contribution in [2.24, 2.45) is 0 Å². The van der Waals surface area contributed by atoms with E-state index in [9.17, 15) is 5.11 Å². The van der Waals surface area contributed by atoms with E-state index in [2.05, 4.69) is 31.9 Å². The van der Waals surface area contributed by atoms with Crippen LogP contribution in [0.4, 0.5) is 0 Å². The fourth-order valence-corrected chi connectivity index (χ4v) is 3.13. The third kappa shape index (κ3) is 3.62. The predicted octanol–water partition coefficient (Wildman–Crippen LogP) is 5.00. The van der Waals surface area contributed by atoms with Gasteiger partial charge >= 0.3 is 0 Å². The largest absolute Gasteiger partial charge is 0.493 e. The molecule has 0 fully saturated rings. The van der Waals surface area contributed by atoms with E-state index in [4.69, 9.17) is 4.74 Å². The number of hydrogen-bond acceptors (Lipinski definition) is 2. The maximum absolute atomic E-state index is 10.7. The van der Waals surface area contributed by atoms with Crippen LogP contribution in [0.5, 0.6) is 5.75 Å². The molecule has 2 rings (SSSR count). The molecular formula is C16H16Br2O2. The van der Waals surface area contributed by atoms with E-state index in [1.807, 2.05) is 50.2 Å². The summed E-state index contributed by atoms with van der Waals surface area (Å²) in [7, 11) is 0. The molecule has 20 heavy (non-hydrogen) atoms. The fraction of sp³-hybridized carbons (Fsp3) is 0.250.